The van der Waals surface area contributed by atoms with Crippen molar-refractivity contribution in [2.75, 3.05) is 26.4 Å². The fourth-order valence-corrected chi connectivity index (χ4v) is 2.35. The van der Waals surface area contributed by atoms with Gasteiger partial charge in [0, 0.05) is 19.6 Å². The van der Waals surface area contributed by atoms with Crippen LogP contribution in [0.25, 0.3) is 0 Å². The van der Waals surface area contributed by atoms with Gasteiger partial charge in [0.2, 0.25) is 0 Å². The summed E-state index contributed by atoms with van der Waals surface area (Å²) in [7, 11) is 0. The molecule has 0 saturated carbocycles. The van der Waals surface area contributed by atoms with Crippen LogP contribution < -0.4 is 5.73 Å². The molecular weight excluding hydrogens is 230 g/mol. The lowest BCUT2D eigenvalue weighted by atomic mass is 9.94. The van der Waals surface area contributed by atoms with E-state index >= 15 is 0 Å². The predicted molar refractivity (Wildman–Crippen MR) is 71.1 cm³/mol. The minimum atomic E-state index is -0.0995. The molecule has 1 aliphatic rings. The van der Waals surface area contributed by atoms with E-state index in [1.54, 1.807) is 0 Å². The van der Waals surface area contributed by atoms with Crippen LogP contribution in [0.4, 0.5) is 0 Å². The normalized spacial score (nSPS) is 18.9. The highest BCUT2D eigenvalue weighted by Crippen LogP contribution is 2.17. The van der Waals surface area contributed by atoms with E-state index in [9.17, 15) is 4.79 Å². The highest BCUT2D eigenvalue weighted by molar-refractivity contribution is 5.69. The highest BCUT2D eigenvalue weighted by Gasteiger charge is 2.18. The Kier molecular flexibility index (Phi) is 7.28. The molecule has 1 heterocycles. The predicted octanol–water partition coefficient (Wildman–Crippen LogP) is 1.97. The molecule has 1 atom stereocenters. The quantitative estimate of drug-likeness (QED) is 0.708. The molecule has 4 nitrogen and oxygen atoms in total. The molecular formula is C14H27NO3. The van der Waals surface area contributed by atoms with Crippen LogP contribution in [0.15, 0.2) is 0 Å². The van der Waals surface area contributed by atoms with Crippen LogP contribution in [-0.2, 0) is 14.3 Å². The summed E-state index contributed by atoms with van der Waals surface area (Å²) in [5, 5.41) is 0. The number of ether oxygens (including phenoxy) is 2. The largest absolute Gasteiger partial charge is 0.465 e. The van der Waals surface area contributed by atoms with Gasteiger partial charge in [-0.25, -0.2) is 0 Å². The second-order valence-corrected chi connectivity index (χ2v) is 5.67. The Labute approximate surface area is 110 Å². The lowest BCUT2D eigenvalue weighted by Gasteiger charge is -2.22. The number of carbonyl (C=O) groups is 1. The zero-order valence-corrected chi connectivity index (χ0v) is 11.7. The van der Waals surface area contributed by atoms with Crippen LogP contribution in [0, 0.1) is 17.8 Å². The van der Waals surface area contributed by atoms with E-state index in [1.165, 1.54) is 0 Å². The number of hydrogen-bond acceptors (Lipinski definition) is 4. The molecule has 0 aliphatic carbocycles. The lowest BCUT2D eigenvalue weighted by Crippen LogP contribution is -2.24. The van der Waals surface area contributed by atoms with Crippen molar-refractivity contribution in [3.05, 3.63) is 0 Å². The van der Waals surface area contributed by atoms with Crippen molar-refractivity contribution < 1.29 is 14.3 Å². The summed E-state index contributed by atoms with van der Waals surface area (Å²) in [5.74, 6) is 1.20. The average Bonchev–Trinajstić information content (AvgIpc) is 2.36. The average molecular weight is 257 g/mol. The summed E-state index contributed by atoms with van der Waals surface area (Å²) in [6.45, 7) is 6.99. The van der Waals surface area contributed by atoms with Gasteiger partial charge in [-0.05, 0) is 43.6 Å². The van der Waals surface area contributed by atoms with Gasteiger partial charge in [-0.3, -0.25) is 4.79 Å². The Bertz CT molecular complexity index is 237. The van der Waals surface area contributed by atoms with Gasteiger partial charge in [0.25, 0.3) is 0 Å². The van der Waals surface area contributed by atoms with Crippen LogP contribution in [0.5, 0.6) is 0 Å². The van der Waals surface area contributed by atoms with E-state index < -0.39 is 0 Å². The first-order chi connectivity index (χ1) is 8.61. The van der Waals surface area contributed by atoms with Gasteiger partial charge in [0.15, 0.2) is 0 Å². The van der Waals surface area contributed by atoms with E-state index in [0.29, 0.717) is 31.4 Å². The topological polar surface area (TPSA) is 61.6 Å². The third kappa shape index (κ3) is 6.36. The molecule has 0 amide bonds. The van der Waals surface area contributed by atoms with Gasteiger partial charge in [0.05, 0.1) is 6.61 Å². The maximum Gasteiger partial charge on any atom is 0.306 e. The Balaban J connectivity index is 2.18. The maximum absolute atomic E-state index is 11.7. The van der Waals surface area contributed by atoms with Crippen molar-refractivity contribution in [2.24, 2.45) is 23.5 Å². The number of nitrogens with two attached hydrogens (primary N) is 1. The Morgan fingerprint density at radius 2 is 2.06 bits per heavy atom. The lowest BCUT2D eigenvalue weighted by molar-refractivity contribution is -0.147. The van der Waals surface area contributed by atoms with Crippen molar-refractivity contribution in [3.63, 3.8) is 0 Å². The molecule has 0 radical (unpaired) electrons. The van der Waals surface area contributed by atoms with Crippen LogP contribution in [0.1, 0.15) is 39.5 Å². The summed E-state index contributed by atoms with van der Waals surface area (Å²) in [6, 6.07) is 0. The zero-order valence-electron chi connectivity index (χ0n) is 11.7. The first kappa shape index (κ1) is 15.4. The Hall–Kier alpha value is -0.610. The van der Waals surface area contributed by atoms with Gasteiger partial charge in [-0.15, -0.1) is 0 Å². The minimum Gasteiger partial charge on any atom is -0.465 e. The molecule has 0 spiro atoms. The smallest absolute Gasteiger partial charge is 0.306 e. The summed E-state index contributed by atoms with van der Waals surface area (Å²) in [5.41, 5.74) is 5.68. The second-order valence-electron chi connectivity index (χ2n) is 5.67. The molecule has 18 heavy (non-hydrogen) atoms. The molecule has 0 aromatic rings. The SMILES string of the molecule is CC(C)CC(CN)CC(=O)OCC1CCOCC1. The number of carbonyl (C=O) groups excluding carboxylic acids is 1. The Morgan fingerprint density at radius 3 is 2.61 bits per heavy atom. The van der Waals surface area contributed by atoms with Gasteiger partial charge < -0.3 is 15.2 Å². The molecule has 2 N–H and O–H groups in total. The molecule has 1 aliphatic heterocycles. The fourth-order valence-electron chi connectivity index (χ4n) is 2.35. The first-order valence-electron chi connectivity index (χ1n) is 7.05. The summed E-state index contributed by atoms with van der Waals surface area (Å²) >= 11 is 0. The van der Waals surface area contributed by atoms with E-state index in [2.05, 4.69) is 13.8 Å². The first-order valence-corrected chi connectivity index (χ1v) is 7.05. The van der Waals surface area contributed by atoms with Crippen LogP contribution in [0.3, 0.4) is 0 Å². The molecule has 0 aromatic carbocycles. The third-order valence-electron chi connectivity index (χ3n) is 3.41. The van der Waals surface area contributed by atoms with E-state index in [1.807, 2.05) is 0 Å². The molecule has 0 bridgehead atoms. The summed E-state index contributed by atoms with van der Waals surface area (Å²) in [4.78, 5) is 11.7. The summed E-state index contributed by atoms with van der Waals surface area (Å²) < 4.78 is 10.6. The Morgan fingerprint density at radius 1 is 1.39 bits per heavy atom. The van der Waals surface area contributed by atoms with E-state index in [-0.39, 0.29) is 11.9 Å². The highest BCUT2D eigenvalue weighted by atomic mass is 16.5. The van der Waals surface area contributed by atoms with Crippen LogP contribution in [0.2, 0.25) is 0 Å². The number of rotatable bonds is 7. The fraction of sp³-hybridized carbons (Fsp3) is 0.929. The molecule has 1 unspecified atom stereocenters. The van der Waals surface area contributed by atoms with Crippen molar-refractivity contribution in [3.8, 4) is 0 Å². The standard InChI is InChI=1S/C14H27NO3/c1-11(2)7-13(9-15)8-14(16)18-10-12-3-5-17-6-4-12/h11-13H,3-10,15H2,1-2H3. The van der Waals surface area contributed by atoms with E-state index in [4.69, 9.17) is 15.2 Å². The monoisotopic (exact) mass is 257 g/mol. The molecule has 1 rings (SSSR count). The van der Waals surface area contributed by atoms with Crippen LogP contribution in [-0.4, -0.2) is 32.3 Å². The zero-order chi connectivity index (χ0) is 13.4. The second kappa shape index (κ2) is 8.48. The number of esters is 1. The van der Waals surface area contributed by atoms with Gasteiger partial charge in [-0.2, -0.15) is 0 Å². The minimum absolute atomic E-state index is 0.0995. The number of hydrogen-bond donors (Lipinski definition) is 1. The molecule has 106 valence electrons. The third-order valence-corrected chi connectivity index (χ3v) is 3.41. The van der Waals surface area contributed by atoms with Crippen molar-refractivity contribution in [1.29, 1.82) is 0 Å². The van der Waals surface area contributed by atoms with E-state index in [0.717, 1.165) is 32.5 Å². The van der Waals surface area contributed by atoms with Gasteiger partial charge >= 0.3 is 5.97 Å². The van der Waals surface area contributed by atoms with Gasteiger partial charge in [0.1, 0.15) is 0 Å². The van der Waals surface area contributed by atoms with Crippen LogP contribution >= 0.6 is 0 Å². The molecule has 1 fully saturated rings. The molecule has 0 aromatic heterocycles. The molecule has 4 heteroatoms. The van der Waals surface area contributed by atoms with Gasteiger partial charge in [-0.1, -0.05) is 13.8 Å². The molecule has 1 saturated heterocycles. The van der Waals surface area contributed by atoms with Crippen molar-refractivity contribution in [1.82, 2.24) is 0 Å². The maximum atomic E-state index is 11.7. The summed E-state index contributed by atoms with van der Waals surface area (Å²) in [6.07, 6.45) is 3.44. The van der Waals surface area contributed by atoms with Crippen molar-refractivity contribution in [2.45, 2.75) is 39.5 Å². The van der Waals surface area contributed by atoms with Crippen molar-refractivity contribution >= 4 is 5.97 Å².